The van der Waals surface area contributed by atoms with Crippen molar-refractivity contribution in [2.24, 2.45) is 5.92 Å². The first kappa shape index (κ1) is 17.9. The van der Waals surface area contributed by atoms with E-state index < -0.39 is 0 Å². The number of rotatable bonds is 3. The van der Waals surface area contributed by atoms with Gasteiger partial charge in [0.25, 0.3) is 5.91 Å². The number of anilines is 2. The number of piperidine rings is 1. The molecule has 4 rings (SSSR count). The maximum atomic E-state index is 12.8. The summed E-state index contributed by atoms with van der Waals surface area (Å²) in [5, 5.41) is 3.54. The average molecular weight is 383 g/mol. The lowest BCUT2D eigenvalue weighted by Gasteiger charge is -2.32. The zero-order chi connectivity index (χ0) is 19.0. The summed E-state index contributed by atoms with van der Waals surface area (Å²) in [7, 11) is 0. The first-order valence-electron chi connectivity index (χ1n) is 9.32. The molecule has 1 N–H and O–H groups in total. The van der Waals surface area contributed by atoms with Gasteiger partial charge in [-0.1, -0.05) is 18.5 Å². The molecule has 0 unspecified atom stereocenters. The van der Waals surface area contributed by atoms with Crippen molar-refractivity contribution in [3.05, 3.63) is 59.0 Å². The van der Waals surface area contributed by atoms with Crippen LogP contribution < -0.4 is 10.2 Å². The van der Waals surface area contributed by atoms with Crippen LogP contribution in [0.25, 0.3) is 5.65 Å². The molecule has 3 heterocycles. The Bertz CT molecular complexity index is 972. The molecule has 1 aliphatic heterocycles. The number of aromatic nitrogens is 2. The van der Waals surface area contributed by atoms with Gasteiger partial charge >= 0.3 is 0 Å². The van der Waals surface area contributed by atoms with Crippen LogP contribution in [0.15, 0.2) is 42.6 Å². The number of pyridine rings is 1. The number of fused-ring (bicyclic) bond motifs is 1. The number of nitrogens with zero attached hydrogens (tertiary/aromatic N) is 3. The van der Waals surface area contributed by atoms with Gasteiger partial charge in [-0.2, -0.15) is 0 Å². The molecule has 2 aromatic heterocycles. The van der Waals surface area contributed by atoms with Crippen molar-refractivity contribution < 1.29 is 4.79 Å². The minimum absolute atomic E-state index is 0.193. The quantitative estimate of drug-likeness (QED) is 0.708. The van der Waals surface area contributed by atoms with Crippen molar-refractivity contribution in [3.8, 4) is 0 Å². The van der Waals surface area contributed by atoms with Crippen LogP contribution in [0.3, 0.4) is 0 Å². The van der Waals surface area contributed by atoms with Crippen LogP contribution >= 0.6 is 11.6 Å². The van der Waals surface area contributed by atoms with Crippen LogP contribution in [0.2, 0.25) is 5.02 Å². The number of amides is 1. The lowest BCUT2D eigenvalue weighted by atomic mass is 9.99. The van der Waals surface area contributed by atoms with Crippen molar-refractivity contribution in [2.45, 2.75) is 26.7 Å². The van der Waals surface area contributed by atoms with Crippen LogP contribution in [0, 0.1) is 12.8 Å². The summed E-state index contributed by atoms with van der Waals surface area (Å²) >= 11 is 6.08. The molecular weight excluding hydrogens is 360 g/mol. The molecule has 1 aliphatic rings. The normalized spacial score (nSPS) is 15.3. The standard InChI is InChI=1S/C21H23ClN4O/c1-14-9-11-25(12-10-14)18-6-4-17(5-7-18)24-21(27)20-15(2)23-19-8-3-16(22)13-26(19)20/h3-8,13-14H,9-12H2,1-2H3,(H,24,27). The van der Waals surface area contributed by atoms with Gasteiger partial charge in [0.1, 0.15) is 11.3 Å². The predicted octanol–water partition coefficient (Wildman–Crippen LogP) is 4.78. The Morgan fingerprint density at radius 2 is 1.85 bits per heavy atom. The van der Waals surface area contributed by atoms with E-state index >= 15 is 0 Å². The highest BCUT2D eigenvalue weighted by Gasteiger charge is 2.18. The number of nitrogens with one attached hydrogen (secondary N) is 1. The van der Waals surface area contributed by atoms with E-state index in [-0.39, 0.29) is 5.91 Å². The number of carbonyl (C=O) groups is 1. The SMILES string of the molecule is Cc1nc2ccc(Cl)cn2c1C(=O)Nc1ccc(N2CCC(C)CC2)cc1. The summed E-state index contributed by atoms with van der Waals surface area (Å²) < 4.78 is 1.73. The molecule has 5 nitrogen and oxygen atoms in total. The average Bonchev–Trinajstić information content (AvgIpc) is 2.98. The first-order valence-corrected chi connectivity index (χ1v) is 9.69. The molecule has 1 amide bonds. The van der Waals surface area contributed by atoms with E-state index in [1.807, 2.05) is 19.1 Å². The van der Waals surface area contributed by atoms with E-state index in [9.17, 15) is 4.79 Å². The molecule has 140 valence electrons. The zero-order valence-electron chi connectivity index (χ0n) is 15.6. The largest absolute Gasteiger partial charge is 0.372 e. The molecule has 6 heteroatoms. The summed E-state index contributed by atoms with van der Waals surface area (Å²) in [6, 6.07) is 11.6. The highest BCUT2D eigenvalue weighted by Crippen LogP contribution is 2.25. The van der Waals surface area contributed by atoms with Gasteiger partial charge in [0.05, 0.1) is 10.7 Å². The van der Waals surface area contributed by atoms with E-state index in [2.05, 4.69) is 34.3 Å². The molecule has 0 bridgehead atoms. The third-order valence-electron chi connectivity index (χ3n) is 5.25. The van der Waals surface area contributed by atoms with Gasteiger partial charge in [-0.05, 0) is 62.1 Å². The monoisotopic (exact) mass is 382 g/mol. The Morgan fingerprint density at radius 3 is 2.56 bits per heavy atom. The van der Waals surface area contributed by atoms with Gasteiger partial charge in [0.2, 0.25) is 0 Å². The maximum Gasteiger partial charge on any atom is 0.274 e. The lowest BCUT2D eigenvalue weighted by molar-refractivity contribution is 0.102. The van der Waals surface area contributed by atoms with E-state index in [0.717, 1.165) is 24.7 Å². The van der Waals surface area contributed by atoms with Crippen LogP contribution in [0.5, 0.6) is 0 Å². The molecule has 0 saturated carbocycles. The van der Waals surface area contributed by atoms with Gasteiger partial charge in [-0.15, -0.1) is 0 Å². The Balaban J connectivity index is 1.52. The highest BCUT2D eigenvalue weighted by atomic mass is 35.5. The fourth-order valence-corrected chi connectivity index (χ4v) is 3.78. The number of imidazole rings is 1. The Morgan fingerprint density at radius 1 is 1.15 bits per heavy atom. The smallest absolute Gasteiger partial charge is 0.274 e. The molecule has 0 aliphatic carbocycles. The molecular formula is C21H23ClN4O. The lowest BCUT2D eigenvalue weighted by Crippen LogP contribution is -2.32. The second-order valence-electron chi connectivity index (χ2n) is 7.29. The second kappa shape index (κ2) is 7.24. The van der Waals surface area contributed by atoms with Gasteiger partial charge in [0.15, 0.2) is 0 Å². The Labute approximate surface area is 164 Å². The Kier molecular flexibility index (Phi) is 4.79. The molecule has 0 spiro atoms. The number of benzene rings is 1. The van der Waals surface area contributed by atoms with Crippen molar-refractivity contribution in [1.29, 1.82) is 0 Å². The van der Waals surface area contributed by atoms with Crippen LogP contribution in [0.4, 0.5) is 11.4 Å². The summed E-state index contributed by atoms with van der Waals surface area (Å²) in [5.74, 6) is 0.615. The summed E-state index contributed by atoms with van der Waals surface area (Å²) in [6.45, 7) is 6.32. The first-order chi connectivity index (χ1) is 13.0. The summed E-state index contributed by atoms with van der Waals surface area (Å²) in [5.41, 5.74) is 3.86. The highest BCUT2D eigenvalue weighted by molar-refractivity contribution is 6.30. The fraction of sp³-hybridized carbons (Fsp3) is 0.333. The van der Waals surface area contributed by atoms with E-state index in [1.54, 1.807) is 22.7 Å². The minimum atomic E-state index is -0.193. The third-order valence-corrected chi connectivity index (χ3v) is 5.47. The van der Waals surface area contributed by atoms with E-state index in [0.29, 0.717) is 22.1 Å². The number of halogens is 1. The molecule has 0 radical (unpaired) electrons. The maximum absolute atomic E-state index is 12.8. The third kappa shape index (κ3) is 3.65. The number of hydrogen-bond acceptors (Lipinski definition) is 3. The fourth-order valence-electron chi connectivity index (χ4n) is 3.62. The van der Waals surface area contributed by atoms with Crippen molar-refractivity contribution >= 4 is 34.5 Å². The van der Waals surface area contributed by atoms with Gasteiger partial charge < -0.3 is 10.2 Å². The van der Waals surface area contributed by atoms with Crippen LogP contribution in [-0.4, -0.2) is 28.4 Å². The second-order valence-corrected chi connectivity index (χ2v) is 7.73. The molecule has 3 aromatic rings. The minimum Gasteiger partial charge on any atom is -0.372 e. The Hall–Kier alpha value is -2.53. The van der Waals surface area contributed by atoms with E-state index in [4.69, 9.17) is 11.6 Å². The van der Waals surface area contributed by atoms with Gasteiger partial charge in [-0.3, -0.25) is 9.20 Å². The molecule has 1 aromatic carbocycles. The summed E-state index contributed by atoms with van der Waals surface area (Å²) in [6.07, 6.45) is 4.18. The number of aryl methyl sites for hydroxylation is 1. The molecule has 0 atom stereocenters. The van der Waals surface area contributed by atoms with Crippen molar-refractivity contribution in [1.82, 2.24) is 9.38 Å². The van der Waals surface area contributed by atoms with Crippen LogP contribution in [0.1, 0.15) is 35.9 Å². The van der Waals surface area contributed by atoms with Gasteiger partial charge in [-0.25, -0.2) is 4.98 Å². The molecule has 1 saturated heterocycles. The number of carbonyl (C=O) groups excluding carboxylic acids is 1. The van der Waals surface area contributed by atoms with E-state index in [1.165, 1.54) is 18.5 Å². The molecule has 1 fully saturated rings. The van der Waals surface area contributed by atoms with Gasteiger partial charge in [0, 0.05) is 30.7 Å². The molecule has 27 heavy (non-hydrogen) atoms. The zero-order valence-corrected chi connectivity index (χ0v) is 16.3. The van der Waals surface area contributed by atoms with Crippen molar-refractivity contribution in [2.75, 3.05) is 23.3 Å². The number of hydrogen-bond donors (Lipinski definition) is 1. The topological polar surface area (TPSA) is 49.6 Å². The van der Waals surface area contributed by atoms with Crippen LogP contribution in [-0.2, 0) is 0 Å². The summed E-state index contributed by atoms with van der Waals surface area (Å²) in [4.78, 5) is 19.7. The predicted molar refractivity (Wildman–Crippen MR) is 110 cm³/mol. The van der Waals surface area contributed by atoms with Crippen molar-refractivity contribution in [3.63, 3.8) is 0 Å².